The zero-order valence-electron chi connectivity index (χ0n) is 30.6. The highest BCUT2D eigenvalue weighted by Gasteiger charge is 2.22. The van der Waals surface area contributed by atoms with Crippen LogP contribution in [0.15, 0.2) is 95.8 Å². The summed E-state index contributed by atoms with van der Waals surface area (Å²) in [5.74, 6) is 0.718. The van der Waals surface area contributed by atoms with Gasteiger partial charge in [0.15, 0.2) is 5.58 Å². The summed E-state index contributed by atoms with van der Waals surface area (Å²) in [5.41, 5.74) is 10.0. The third-order valence-corrected chi connectivity index (χ3v) is 8.34. The molecule has 3 heterocycles. The molecule has 0 unspecified atom stereocenters. The minimum Gasteiger partial charge on any atom is -0.490 e. The third kappa shape index (κ3) is 12.7. The van der Waals surface area contributed by atoms with Crippen LogP contribution in [0, 0.1) is 5.92 Å². The average molecular weight is 740 g/mol. The van der Waals surface area contributed by atoms with Gasteiger partial charge in [-0.15, -0.1) is 0 Å². The molecule has 3 atom stereocenters. The van der Waals surface area contributed by atoms with Gasteiger partial charge < -0.3 is 45.4 Å². The maximum atomic E-state index is 12.9. The van der Waals surface area contributed by atoms with Crippen molar-refractivity contribution < 1.29 is 33.3 Å². The Labute approximate surface area is 314 Å². The summed E-state index contributed by atoms with van der Waals surface area (Å²) in [6.45, 7) is 6.33. The van der Waals surface area contributed by atoms with Crippen molar-refractivity contribution in [1.82, 2.24) is 25.6 Å². The van der Waals surface area contributed by atoms with Gasteiger partial charge in [0.1, 0.15) is 23.6 Å². The summed E-state index contributed by atoms with van der Waals surface area (Å²) < 4.78 is 22.7. The number of rotatable bonds is 22. The number of amides is 2. The number of carbonyl (C=O) groups is 2. The fourth-order valence-electron chi connectivity index (χ4n) is 5.51. The molecule has 0 radical (unpaired) electrons. The molecular weight excluding hydrogens is 690 g/mol. The van der Waals surface area contributed by atoms with Gasteiger partial charge in [0.05, 0.1) is 50.3 Å². The standard InChI is InChI=1S/C40H49N7O7/c1-27(2)21-35(45-26-36(48)32(41)22-28-7-4-3-5-8-28)38(49)43-15-16-51-17-18-52-19-20-53-31-11-12-33(44-25-31)39(50)46-30-10-13-37-34(23-30)47-40(54-37)29-9-6-14-42-24-29/h3-14,23-25,27,32,35-36,45,48H,15-22,26,41H2,1-2H3,(H,43,49)(H,46,50)/t32-,35+,36-/m1/s1. The van der Waals surface area contributed by atoms with Crippen LogP contribution in [0.25, 0.3) is 22.6 Å². The molecule has 0 saturated heterocycles. The molecule has 0 saturated carbocycles. The number of ether oxygens (including phenoxy) is 3. The number of nitrogens with one attached hydrogen (secondary N) is 3. The Hall–Kier alpha value is -5.25. The van der Waals surface area contributed by atoms with Crippen LogP contribution in [0.4, 0.5) is 5.69 Å². The number of pyridine rings is 2. The number of aliphatic hydroxyl groups excluding tert-OH is 1. The van der Waals surface area contributed by atoms with Gasteiger partial charge in [0, 0.05) is 37.2 Å². The smallest absolute Gasteiger partial charge is 0.274 e. The Balaban J connectivity index is 0.918. The first kappa shape index (κ1) is 39.9. The topological polar surface area (TPSA) is 196 Å². The molecule has 14 nitrogen and oxygen atoms in total. The number of fused-ring (bicyclic) bond motifs is 1. The molecule has 0 aliphatic carbocycles. The summed E-state index contributed by atoms with van der Waals surface area (Å²) in [7, 11) is 0. The number of aromatic nitrogens is 3. The zero-order valence-corrected chi connectivity index (χ0v) is 30.6. The van der Waals surface area contributed by atoms with Crippen molar-refractivity contribution in [2.45, 2.75) is 44.9 Å². The Bertz CT molecular complexity index is 1870. The van der Waals surface area contributed by atoms with E-state index in [1.54, 1.807) is 42.7 Å². The molecule has 0 fully saturated rings. The van der Waals surface area contributed by atoms with Crippen LogP contribution in [0.3, 0.4) is 0 Å². The fraction of sp³-hybridized carbons (Fsp3) is 0.375. The minimum atomic E-state index is -0.791. The van der Waals surface area contributed by atoms with Crippen LogP contribution >= 0.6 is 0 Å². The largest absolute Gasteiger partial charge is 0.490 e. The zero-order chi connectivity index (χ0) is 38.1. The van der Waals surface area contributed by atoms with E-state index in [4.69, 9.17) is 24.4 Å². The SMILES string of the molecule is CC(C)C[C@H](NC[C@@H](O)[C@H](N)Cc1ccccc1)C(=O)NCCOCCOCCOc1ccc(C(=O)Nc2ccc3oc(-c4cccnc4)nc3c2)nc1. The van der Waals surface area contributed by atoms with Gasteiger partial charge >= 0.3 is 0 Å². The van der Waals surface area contributed by atoms with Crippen molar-refractivity contribution >= 4 is 28.6 Å². The highest BCUT2D eigenvalue weighted by molar-refractivity contribution is 6.03. The third-order valence-electron chi connectivity index (χ3n) is 8.34. The van der Waals surface area contributed by atoms with Crippen molar-refractivity contribution in [2.24, 2.45) is 11.7 Å². The second kappa shape index (κ2) is 20.8. The predicted octanol–water partition coefficient (Wildman–Crippen LogP) is 4.00. The molecule has 14 heteroatoms. The fourth-order valence-corrected chi connectivity index (χ4v) is 5.51. The molecule has 286 valence electrons. The lowest BCUT2D eigenvalue weighted by Gasteiger charge is -2.24. The van der Waals surface area contributed by atoms with Gasteiger partial charge in [-0.2, -0.15) is 0 Å². The van der Waals surface area contributed by atoms with Gasteiger partial charge in [-0.1, -0.05) is 44.2 Å². The van der Waals surface area contributed by atoms with E-state index in [9.17, 15) is 14.7 Å². The lowest BCUT2D eigenvalue weighted by molar-refractivity contribution is -0.124. The van der Waals surface area contributed by atoms with Gasteiger partial charge in [-0.05, 0) is 66.8 Å². The Morgan fingerprint density at radius 2 is 1.72 bits per heavy atom. The first-order valence-corrected chi connectivity index (χ1v) is 18.1. The molecular formula is C40H49N7O7. The van der Waals surface area contributed by atoms with Crippen molar-refractivity contribution in [3.8, 4) is 17.2 Å². The summed E-state index contributed by atoms with van der Waals surface area (Å²) in [4.78, 5) is 38.5. The van der Waals surface area contributed by atoms with Crippen LogP contribution in [-0.4, -0.2) is 96.2 Å². The maximum Gasteiger partial charge on any atom is 0.274 e. The summed E-state index contributed by atoms with van der Waals surface area (Å²) in [6, 6.07) is 21.0. The monoisotopic (exact) mass is 739 g/mol. The van der Waals surface area contributed by atoms with Crippen molar-refractivity contribution in [3.63, 3.8) is 0 Å². The van der Waals surface area contributed by atoms with E-state index in [1.165, 1.54) is 6.20 Å². The van der Waals surface area contributed by atoms with Gasteiger partial charge in [0.2, 0.25) is 11.8 Å². The first-order chi connectivity index (χ1) is 26.2. The molecule has 2 amide bonds. The molecule has 0 spiro atoms. The van der Waals surface area contributed by atoms with E-state index >= 15 is 0 Å². The van der Waals surface area contributed by atoms with E-state index in [2.05, 4.69) is 30.9 Å². The second-order valence-electron chi connectivity index (χ2n) is 13.2. The molecule has 0 aliphatic rings. The predicted molar refractivity (Wildman–Crippen MR) is 205 cm³/mol. The minimum absolute atomic E-state index is 0.145. The number of oxazole rings is 1. The highest BCUT2D eigenvalue weighted by Crippen LogP contribution is 2.26. The highest BCUT2D eigenvalue weighted by atomic mass is 16.5. The Kier molecular flexibility index (Phi) is 15.4. The number of anilines is 1. The van der Waals surface area contributed by atoms with E-state index < -0.39 is 18.2 Å². The van der Waals surface area contributed by atoms with Crippen molar-refractivity contribution in [1.29, 1.82) is 0 Å². The lowest BCUT2D eigenvalue weighted by atomic mass is 10.00. The van der Waals surface area contributed by atoms with Crippen LogP contribution in [0.1, 0.15) is 36.3 Å². The number of hydrogen-bond acceptors (Lipinski definition) is 12. The number of aliphatic hydroxyl groups is 1. The number of benzene rings is 2. The molecule has 3 aromatic heterocycles. The summed E-state index contributed by atoms with van der Waals surface area (Å²) in [6.07, 6.45) is 5.22. The Morgan fingerprint density at radius 1 is 0.926 bits per heavy atom. The molecule has 5 aromatic rings. The molecule has 54 heavy (non-hydrogen) atoms. The molecule has 6 N–H and O–H groups in total. The second-order valence-corrected chi connectivity index (χ2v) is 13.2. The Morgan fingerprint density at radius 3 is 2.46 bits per heavy atom. The van der Waals surface area contributed by atoms with Crippen LogP contribution in [-0.2, 0) is 20.7 Å². The van der Waals surface area contributed by atoms with Gasteiger partial charge in [-0.3, -0.25) is 14.6 Å². The van der Waals surface area contributed by atoms with Crippen molar-refractivity contribution in [3.05, 3.63) is 103 Å². The first-order valence-electron chi connectivity index (χ1n) is 18.1. The van der Waals surface area contributed by atoms with Crippen LogP contribution in [0.2, 0.25) is 0 Å². The summed E-state index contributed by atoms with van der Waals surface area (Å²) in [5, 5.41) is 19.5. The molecule has 0 aliphatic heterocycles. The average Bonchev–Trinajstić information content (AvgIpc) is 3.61. The quantitative estimate of drug-likeness (QED) is 0.0642. The van der Waals surface area contributed by atoms with Crippen molar-refractivity contribution in [2.75, 3.05) is 51.4 Å². The van der Waals surface area contributed by atoms with Gasteiger partial charge in [-0.25, -0.2) is 9.97 Å². The molecule has 2 aromatic carbocycles. The molecule has 5 rings (SSSR count). The van der Waals surface area contributed by atoms with E-state index in [0.717, 1.165) is 11.1 Å². The van der Waals surface area contributed by atoms with Crippen LogP contribution < -0.4 is 26.4 Å². The van der Waals surface area contributed by atoms with E-state index in [0.29, 0.717) is 74.2 Å². The number of nitrogens with zero attached hydrogens (tertiary/aromatic N) is 3. The normalized spacial score (nSPS) is 13.1. The number of hydrogen-bond donors (Lipinski definition) is 5. The number of carbonyl (C=O) groups excluding carboxylic acids is 2. The molecule has 0 bridgehead atoms. The maximum absolute atomic E-state index is 12.9. The lowest BCUT2D eigenvalue weighted by Crippen LogP contribution is -2.51. The van der Waals surface area contributed by atoms with E-state index in [1.807, 2.05) is 56.3 Å². The van der Waals surface area contributed by atoms with Crippen LogP contribution in [0.5, 0.6) is 5.75 Å². The summed E-state index contributed by atoms with van der Waals surface area (Å²) >= 11 is 0. The number of nitrogens with two attached hydrogens (primary N) is 1. The van der Waals surface area contributed by atoms with Gasteiger partial charge in [0.25, 0.3) is 5.91 Å². The van der Waals surface area contributed by atoms with E-state index in [-0.39, 0.29) is 36.6 Å².